The third kappa shape index (κ3) is 4.44. The lowest BCUT2D eigenvalue weighted by Gasteiger charge is -2.12. The fourth-order valence-electron chi connectivity index (χ4n) is 1.73. The van der Waals surface area contributed by atoms with E-state index in [1.165, 1.54) is 11.8 Å². The number of carboxylic acids is 1. The van der Waals surface area contributed by atoms with Crippen LogP contribution < -0.4 is 0 Å². The SMILES string of the molecule is O=C(O)[C@@H](Cc1cccc(Cl)c1)Sc1ccc(Cl)cc1. The molecule has 0 amide bonds. The lowest BCUT2D eigenvalue weighted by Crippen LogP contribution is -2.19. The summed E-state index contributed by atoms with van der Waals surface area (Å²) in [6.07, 6.45) is 0.420. The van der Waals surface area contributed by atoms with Gasteiger partial charge in [-0.3, -0.25) is 4.79 Å². The van der Waals surface area contributed by atoms with E-state index in [4.69, 9.17) is 23.2 Å². The fourth-order valence-corrected chi connectivity index (χ4v) is 3.07. The highest BCUT2D eigenvalue weighted by atomic mass is 35.5. The van der Waals surface area contributed by atoms with Crippen molar-refractivity contribution in [3.8, 4) is 0 Å². The van der Waals surface area contributed by atoms with Gasteiger partial charge in [-0.1, -0.05) is 35.3 Å². The van der Waals surface area contributed by atoms with E-state index in [1.54, 1.807) is 24.3 Å². The van der Waals surface area contributed by atoms with Gasteiger partial charge in [0.25, 0.3) is 0 Å². The predicted molar refractivity (Wildman–Crippen MR) is 83.9 cm³/mol. The molecule has 1 N–H and O–H groups in total. The lowest BCUT2D eigenvalue weighted by atomic mass is 10.1. The zero-order valence-corrected chi connectivity index (χ0v) is 12.8. The van der Waals surface area contributed by atoms with E-state index in [-0.39, 0.29) is 0 Å². The Labute approximate surface area is 131 Å². The Morgan fingerprint density at radius 3 is 2.40 bits per heavy atom. The highest BCUT2D eigenvalue weighted by molar-refractivity contribution is 8.00. The molecule has 1 atom stereocenters. The molecule has 0 bridgehead atoms. The van der Waals surface area contributed by atoms with Gasteiger partial charge in [0.1, 0.15) is 5.25 Å². The minimum Gasteiger partial charge on any atom is -0.480 e. The molecule has 0 aromatic heterocycles. The molecular formula is C15H12Cl2O2S. The molecule has 5 heteroatoms. The van der Waals surface area contributed by atoms with Crippen LogP contribution in [0.1, 0.15) is 5.56 Å². The molecule has 0 saturated heterocycles. The maximum absolute atomic E-state index is 11.4. The Kier molecular flexibility index (Phi) is 5.35. The molecule has 0 heterocycles. The number of rotatable bonds is 5. The van der Waals surface area contributed by atoms with E-state index < -0.39 is 11.2 Å². The maximum Gasteiger partial charge on any atom is 0.317 e. The Balaban J connectivity index is 2.11. The van der Waals surface area contributed by atoms with E-state index in [2.05, 4.69) is 0 Å². The number of carbonyl (C=O) groups is 1. The molecule has 0 unspecified atom stereocenters. The molecule has 0 radical (unpaired) electrons. The van der Waals surface area contributed by atoms with E-state index in [0.29, 0.717) is 16.5 Å². The third-order valence-corrected chi connectivity index (χ3v) is 4.36. The summed E-state index contributed by atoms with van der Waals surface area (Å²) < 4.78 is 0. The van der Waals surface area contributed by atoms with Crippen molar-refractivity contribution < 1.29 is 9.90 Å². The van der Waals surface area contributed by atoms with Gasteiger partial charge in [0.05, 0.1) is 0 Å². The Bertz CT molecular complexity index is 599. The number of hydrogen-bond acceptors (Lipinski definition) is 2. The van der Waals surface area contributed by atoms with Crippen LogP contribution in [-0.4, -0.2) is 16.3 Å². The number of thioether (sulfide) groups is 1. The van der Waals surface area contributed by atoms with Crippen molar-refractivity contribution in [1.82, 2.24) is 0 Å². The summed E-state index contributed by atoms with van der Waals surface area (Å²) in [4.78, 5) is 12.3. The molecule has 2 nitrogen and oxygen atoms in total. The first-order valence-corrected chi connectivity index (χ1v) is 7.57. The summed E-state index contributed by atoms with van der Waals surface area (Å²) >= 11 is 13.0. The Morgan fingerprint density at radius 2 is 1.80 bits per heavy atom. The zero-order chi connectivity index (χ0) is 14.5. The smallest absolute Gasteiger partial charge is 0.317 e. The van der Waals surface area contributed by atoms with Crippen molar-refractivity contribution in [3.05, 3.63) is 64.1 Å². The molecular weight excluding hydrogens is 315 g/mol. The maximum atomic E-state index is 11.4. The molecule has 0 aliphatic heterocycles. The Hall–Kier alpha value is -1.16. The lowest BCUT2D eigenvalue weighted by molar-refractivity contribution is -0.136. The van der Waals surface area contributed by atoms with Gasteiger partial charge < -0.3 is 5.11 Å². The van der Waals surface area contributed by atoms with E-state index in [1.807, 2.05) is 24.3 Å². The quantitative estimate of drug-likeness (QED) is 0.803. The van der Waals surface area contributed by atoms with Gasteiger partial charge in [-0.05, 0) is 48.4 Å². The van der Waals surface area contributed by atoms with Crippen LogP contribution in [0.4, 0.5) is 0 Å². The summed E-state index contributed by atoms with van der Waals surface area (Å²) in [6, 6.07) is 14.4. The number of hydrogen-bond donors (Lipinski definition) is 1. The molecule has 0 fully saturated rings. The summed E-state index contributed by atoms with van der Waals surface area (Å²) in [5.74, 6) is -0.843. The van der Waals surface area contributed by atoms with Crippen molar-refractivity contribution in [2.75, 3.05) is 0 Å². The van der Waals surface area contributed by atoms with Gasteiger partial charge in [-0.25, -0.2) is 0 Å². The third-order valence-electron chi connectivity index (χ3n) is 2.68. The average Bonchev–Trinajstić information content (AvgIpc) is 2.40. The van der Waals surface area contributed by atoms with Crippen molar-refractivity contribution in [2.45, 2.75) is 16.6 Å². The topological polar surface area (TPSA) is 37.3 Å². The van der Waals surface area contributed by atoms with Crippen LogP contribution in [0, 0.1) is 0 Å². The van der Waals surface area contributed by atoms with Gasteiger partial charge in [0, 0.05) is 14.9 Å². The molecule has 2 aromatic rings. The first-order valence-electron chi connectivity index (χ1n) is 5.94. The molecule has 20 heavy (non-hydrogen) atoms. The van der Waals surface area contributed by atoms with Crippen LogP contribution in [0.25, 0.3) is 0 Å². The standard InChI is InChI=1S/C15H12Cl2O2S/c16-11-4-6-13(7-5-11)20-14(15(18)19)9-10-2-1-3-12(17)8-10/h1-8,14H,9H2,(H,18,19)/t14-/m1/s1. The van der Waals surface area contributed by atoms with Crippen molar-refractivity contribution in [2.24, 2.45) is 0 Å². The van der Waals surface area contributed by atoms with Crippen LogP contribution in [0.5, 0.6) is 0 Å². The molecule has 0 spiro atoms. The van der Waals surface area contributed by atoms with Crippen LogP contribution in [0.3, 0.4) is 0 Å². The number of benzene rings is 2. The monoisotopic (exact) mass is 326 g/mol. The second-order valence-electron chi connectivity index (χ2n) is 4.23. The minimum atomic E-state index is -0.843. The average molecular weight is 327 g/mol. The van der Waals surface area contributed by atoms with Crippen LogP contribution in [0.15, 0.2) is 53.4 Å². The number of carboxylic acid groups (broad SMARTS) is 1. The van der Waals surface area contributed by atoms with Gasteiger partial charge in [-0.15, -0.1) is 11.8 Å². The van der Waals surface area contributed by atoms with Gasteiger partial charge >= 0.3 is 5.97 Å². The first kappa shape index (κ1) is 15.2. The van der Waals surface area contributed by atoms with Crippen LogP contribution >= 0.6 is 35.0 Å². The van der Waals surface area contributed by atoms with Crippen molar-refractivity contribution in [1.29, 1.82) is 0 Å². The summed E-state index contributed by atoms with van der Waals surface area (Å²) in [7, 11) is 0. The van der Waals surface area contributed by atoms with Crippen LogP contribution in [-0.2, 0) is 11.2 Å². The van der Waals surface area contributed by atoms with E-state index >= 15 is 0 Å². The molecule has 0 saturated carbocycles. The second kappa shape index (κ2) is 7.02. The predicted octanol–water partition coefficient (Wildman–Crippen LogP) is 4.78. The highest BCUT2D eigenvalue weighted by Gasteiger charge is 2.19. The summed E-state index contributed by atoms with van der Waals surface area (Å²) in [5.41, 5.74) is 0.909. The van der Waals surface area contributed by atoms with Crippen LogP contribution in [0.2, 0.25) is 10.0 Å². The first-order chi connectivity index (χ1) is 9.54. The molecule has 2 aromatic carbocycles. The minimum absolute atomic E-state index is 0.420. The normalized spacial score (nSPS) is 12.1. The molecule has 0 aliphatic carbocycles. The van der Waals surface area contributed by atoms with Crippen molar-refractivity contribution in [3.63, 3.8) is 0 Å². The molecule has 2 rings (SSSR count). The molecule has 104 valence electrons. The second-order valence-corrected chi connectivity index (χ2v) is 6.38. The zero-order valence-electron chi connectivity index (χ0n) is 10.4. The fraction of sp³-hybridized carbons (Fsp3) is 0.133. The number of aliphatic carboxylic acids is 1. The largest absolute Gasteiger partial charge is 0.480 e. The van der Waals surface area contributed by atoms with E-state index in [9.17, 15) is 9.90 Å². The van der Waals surface area contributed by atoms with Gasteiger partial charge in [-0.2, -0.15) is 0 Å². The summed E-state index contributed by atoms with van der Waals surface area (Å²) in [5, 5.41) is 10.0. The van der Waals surface area contributed by atoms with Gasteiger partial charge in [0.2, 0.25) is 0 Å². The van der Waals surface area contributed by atoms with E-state index in [0.717, 1.165) is 10.5 Å². The van der Waals surface area contributed by atoms with Crippen molar-refractivity contribution >= 4 is 40.9 Å². The highest BCUT2D eigenvalue weighted by Crippen LogP contribution is 2.27. The number of halogens is 2. The summed E-state index contributed by atoms with van der Waals surface area (Å²) in [6.45, 7) is 0. The Morgan fingerprint density at radius 1 is 1.10 bits per heavy atom. The van der Waals surface area contributed by atoms with Gasteiger partial charge in [0.15, 0.2) is 0 Å². The molecule has 0 aliphatic rings.